The first kappa shape index (κ1) is 47.7. The number of hydrogen-bond donors (Lipinski definition) is 0. The number of carbonyl (C=O) groups excluding carboxylic acids is 4. The number of ether oxygens (including phenoxy) is 2. The minimum atomic E-state index is -1.23. The van der Waals surface area contributed by atoms with Crippen molar-refractivity contribution in [2.24, 2.45) is 23.7 Å². The average molecular weight is 839 g/mol. The molecule has 5 heterocycles. The van der Waals surface area contributed by atoms with Gasteiger partial charge in [0.15, 0.2) is 5.78 Å². The van der Waals surface area contributed by atoms with Crippen molar-refractivity contribution in [1.82, 2.24) is 15.0 Å². The molecule has 0 N–H and O–H groups in total. The number of aromatic nitrogens is 3. The van der Waals surface area contributed by atoms with Crippen molar-refractivity contribution in [2.75, 3.05) is 13.7 Å². The van der Waals surface area contributed by atoms with Gasteiger partial charge in [-0.2, -0.15) is 0 Å². The van der Waals surface area contributed by atoms with E-state index in [0.29, 0.717) is 75.2 Å². The molecule has 0 fully saturated rings. The number of rotatable bonds is 17. The molecule has 2 aliphatic heterocycles. The van der Waals surface area contributed by atoms with Crippen LogP contribution in [0.2, 0.25) is 0 Å². The fourth-order valence-electron chi connectivity index (χ4n) is 9.36. The summed E-state index contributed by atoms with van der Waals surface area (Å²) >= 11 is 0. The number of carbonyl (C=O) groups is 4. The van der Waals surface area contributed by atoms with Crippen LogP contribution >= 0.6 is 0 Å². The van der Waals surface area contributed by atoms with Crippen LogP contribution in [0.4, 0.5) is 0 Å². The van der Waals surface area contributed by atoms with Crippen molar-refractivity contribution >= 4 is 70.9 Å². The third kappa shape index (κ3) is 9.98. The van der Waals surface area contributed by atoms with Crippen LogP contribution in [0.25, 0.3) is 29.1 Å². The van der Waals surface area contributed by atoms with E-state index in [2.05, 4.69) is 34.6 Å². The number of methoxy groups -OCH3 is 1. The van der Waals surface area contributed by atoms with Gasteiger partial charge in [0.1, 0.15) is 18.8 Å². The van der Waals surface area contributed by atoms with Gasteiger partial charge in [-0.05, 0) is 83.6 Å². The quantitative estimate of drug-likeness (QED) is 0.0537. The van der Waals surface area contributed by atoms with Gasteiger partial charge in [0.05, 0.1) is 7.11 Å². The Morgan fingerprint density at radius 1 is 0.852 bits per heavy atom. The number of ketones is 1. The SMILES string of the molecule is CCc1c2[n-]c(c1C=O)/C=c1\[n-]/c(c(C)c1CC)=C\C1=C(C)[C@H](CCC(=O)OC/C=C(\C)CCC[C@H](C)CCCC(C)C)C([N-]1)C1=c3[n-]/c(c(C)c3C(=O)[C@@H]1C(=O)OC)=C\2.[Mg+2]. The molecule has 11 heteroatoms. The normalized spacial score (nSPS) is 20.3. The number of Topliss-reactive ketones (excluding diaryl/α,β-unsaturated/α-hetero) is 1. The van der Waals surface area contributed by atoms with Gasteiger partial charge in [0.25, 0.3) is 0 Å². The largest absolute Gasteiger partial charge is 2.00 e. The second-order valence-corrected chi connectivity index (χ2v) is 17.5. The number of hydrogen-bond acceptors (Lipinski definition) is 6. The van der Waals surface area contributed by atoms with Crippen LogP contribution in [-0.4, -0.2) is 66.8 Å². The number of fused-ring (bicyclic) bond motifs is 8. The molecule has 1 aliphatic carbocycles. The summed E-state index contributed by atoms with van der Waals surface area (Å²) in [5.41, 5.74) is 8.70. The molecule has 3 aromatic rings. The molecule has 10 nitrogen and oxygen atoms in total. The van der Waals surface area contributed by atoms with Crippen molar-refractivity contribution in [3.63, 3.8) is 0 Å². The zero-order valence-corrected chi connectivity index (χ0v) is 39.4. The second-order valence-electron chi connectivity index (χ2n) is 17.5. The van der Waals surface area contributed by atoms with Gasteiger partial charge in [0, 0.05) is 17.5 Å². The number of allylic oxidation sites excluding steroid dienone is 2. The Morgan fingerprint density at radius 2 is 1.54 bits per heavy atom. The van der Waals surface area contributed by atoms with E-state index in [0.717, 1.165) is 58.0 Å². The molecule has 8 bridgehead atoms. The van der Waals surface area contributed by atoms with Gasteiger partial charge in [-0.3, -0.25) is 19.2 Å². The fourth-order valence-corrected chi connectivity index (χ4v) is 9.36. The fraction of sp³-hybridized carbons (Fsp3) is 0.520. The van der Waals surface area contributed by atoms with E-state index in [-0.39, 0.29) is 53.8 Å². The van der Waals surface area contributed by atoms with Gasteiger partial charge in [-0.1, -0.05) is 124 Å². The summed E-state index contributed by atoms with van der Waals surface area (Å²) in [6, 6.07) is -0.674. The predicted octanol–water partition coefficient (Wildman–Crippen LogP) is 5.87. The molecule has 4 atom stereocenters. The molecule has 0 amide bonds. The van der Waals surface area contributed by atoms with Crippen molar-refractivity contribution in [1.29, 1.82) is 0 Å². The van der Waals surface area contributed by atoms with Crippen molar-refractivity contribution < 1.29 is 28.7 Å². The molecule has 3 aliphatic rings. The molecule has 6 rings (SSSR count). The van der Waals surface area contributed by atoms with E-state index >= 15 is 0 Å². The average Bonchev–Trinajstić information content (AvgIpc) is 3.96. The number of aldehydes is 1. The molecule has 0 radical (unpaired) electrons. The summed E-state index contributed by atoms with van der Waals surface area (Å²) < 4.78 is 11.0. The maximum atomic E-state index is 14.3. The molecule has 0 spiro atoms. The minimum absolute atomic E-state index is 0. The first-order valence-corrected chi connectivity index (χ1v) is 22.0. The van der Waals surface area contributed by atoms with Crippen LogP contribution in [0.3, 0.4) is 0 Å². The number of nitrogens with zero attached hydrogens (tertiary/aromatic N) is 4. The molecular weight excluding hydrogens is 777 g/mol. The molecule has 1 unspecified atom stereocenters. The van der Waals surface area contributed by atoms with Crippen molar-refractivity contribution in [3.05, 3.63) is 94.4 Å². The third-order valence-electron chi connectivity index (χ3n) is 13.0. The van der Waals surface area contributed by atoms with Gasteiger partial charge >= 0.3 is 35.0 Å². The predicted molar refractivity (Wildman–Crippen MR) is 241 cm³/mol. The molecule has 322 valence electrons. The summed E-state index contributed by atoms with van der Waals surface area (Å²) in [5, 5.41) is 7.68. The van der Waals surface area contributed by atoms with Crippen LogP contribution in [0, 0.1) is 37.5 Å². The summed E-state index contributed by atoms with van der Waals surface area (Å²) in [6.07, 6.45) is 17.4. The summed E-state index contributed by atoms with van der Waals surface area (Å²) in [5.74, 6) is -1.48. The van der Waals surface area contributed by atoms with E-state index < -0.39 is 17.9 Å². The van der Waals surface area contributed by atoms with Crippen LogP contribution in [0.5, 0.6) is 0 Å². The molecule has 0 saturated carbocycles. The van der Waals surface area contributed by atoms with Crippen molar-refractivity contribution in [2.45, 2.75) is 133 Å². The molecule has 0 aromatic carbocycles. The Bertz CT molecular complexity index is 2480. The molecule has 61 heavy (non-hydrogen) atoms. The maximum Gasteiger partial charge on any atom is 2.00 e. The summed E-state index contributed by atoms with van der Waals surface area (Å²) in [6.45, 7) is 19.1. The topological polar surface area (TPSA) is 143 Å². The molecule has 3 aromatic heterocycles. The van der Waals surface area contributed by atoms with E-state index in [1.165, 1.54) is 38.4 Å². The van der Waals surface area contributed by atoms with Gasteiger partial charge in [-0.25, -0.2) is 0 Å². The van der Waals surface area contributed by atoms with E-state index in [1.807, 2.05) is 52.0 Å². The van der Waals surface area contributed by atoms with Crippen LogP contribution in [0.15, 0.2) is 22.9 Å². The Labute approximate surface area is 377 Å². The Balaban J connectivity index is 0.00000704. The van der Waals surface area contributed by atoms with Gasteiger partial charge < -0.3 is 29.7 Å². The van der Waals surface area contributed by atoms with E-state index in [9.17, 15) is 19.2 Å². The van der Waals surface area contributed by atoms with Gasteiger partial charge in [-0.15, -0.1) is 38.5 Å². The van der Waals surface area contributed by atoms with Crippen LogP contribution in [-0.2, 0) is 31.9 Å². The maximum absolute atomic E-state index is 14.3. The standard InChI is InChI=1S/C50H63N4O6.Mg/c1-11-33-30(7)37-23-38-31(8)35(19-20-43(56)60-22-21-29(6)18-14-17-28(5)16-13-15-27(3)4)47(53-38)45-46(50(58)59-10)49(57)44-32(9)39(54-48(44)45)24-41-34(12-2)36(26-55)42(52-41)25-40(33)51-37;/h21,23-28,35,46-47H,11-20,22H2,1-10H3,(H-,51,52,55,57);/q-3;+2/p-1/b29-21+,37-23-;/t28-,35+,46-,47?;/m1./s1. The zero-order chi connectivity index (χ0) is 43.4. The monoisotopic (exact) mass is 838 g/mol. The van der Waals surface area contributed by atoms with Gasteiger partial charge in [0.2, 0.25) is 0 Å². The zero-order valence-electron chi connectivity index (χ0n) is 38.0. The first-order chi connectivity index (χ1) is 28.7. The molecular formula is C50H62MgN4O6-2. The smallest absolute Gasteiger partial charge is 0.678 e. The Kier molecular flexibility index (Phi) is 16.2. The van der Waals surface area contributed by atoms with E-state index in [1.54, 1.807) is 0 Å². The number of esters is 2. The Morgan fingerprint density at radius 3 is 2.21 bits per heavy atom. The van der Waals surface area contributed by atoms with Crippen LogP contribution < -0.4 is 36.3 Å². The van der Waals surface area contributed by atoms with E-state index in [4.69, 9.17) is 29.7 Å². The first-order valence-electron chi connectivity index (χ1n) is 22.0. The van der Waals surface area contributed by atoms with Crippen LogP contribution in [0.1, 0.15) is 154 Å². The second kappa shape index (κ2) is 20.7. The summed E-state index contributed by atoms with van der Waals surface area (Å²) in [4.78, 5) is 68.8. The Hall–Kier alpha value is -4.35. The molecule has 0 saturated heterocycles. The summed E-state index contributed by atoms with van der Waals surface area (Å²) in [7, 11) is 1.28. The third-order valence-corrected chi connectivity index (χ3v) is 13.0. The van der Waals surface area contributed by atoms with Crippen molar-refractivity contribution in [3.8, 4) is 0 Å². The minimum Gasteiger partial charge on any atom is -0.678 e.